The summed E-state index contributed by atoms with van der Waals surface area (Å²) in [5, 5.41) is 18.7. The van der Waals surface area contributed by atoms with Crippen LogP contribution >= 0.6 is 0 Å². The molecule has 0 aromatic heterocycles. The highest BCUT2D eigenvalue weighted by atomic mass is 16.3. The van der Waals surface area contributed by atoms with E-state index in [0.29, 0.717) is 13.2 Å². The van der Waals surface area contributed by atoms with Gasteiger partial charge < -0.3 is 28.1 Å². The molecule has 4 bridgehead atoms. The summed E-state index contributed by atoms with van der Waals surface area (Å²) in [7, 11) is 0. The van der Waals surface area contributed by atoms with Crippen LogP contribution in [0.5, 0.6) is 0 Å². The van der Waals surface area contributed by atoms with Crippen molar-refractivity contribution in [3.05, 3.63) is 0 Å². The van der Waals surface area contributed by atoms with Gasteiger partial charge >= 0.3 is 0 Å². The minimum Gasteiger partial charge on any atom is -0.391 e. The van der Waals surface area contributed by atoms with Crippen molar-refractivity contribution in [3.63, 3.8) is 0 Å². The van der Waals surface area contributed by atoms with Crippen LogP contribution < -0.4 is 0 Å². The molecule has 25 heavy (non-hydrogen) atoms. The summed E-state index contributed by atoms with van der Waals surface area (Å²) < 4.78 is 5.13. The van der Waals surface area contributed by atoms with Gasteiger partial charge in [0.1, 0.15) is 91.6 Å². The molecule has 0 aromatic carbocycles. The van der Waals surface area contributed by atoms with Gasteiger partial charge in [0.15, 0.2) is 0 Å². The highest BCUT2D eigenvalue weighted by Gasteiger charge is 2.50. The maximum Gasteiger partial charge on any atom is 0.129 e. The van der Waals surface area contributed by atoms with Gasteiger partial charge in [0.2, 0.25) is 0 Å². The van der Waals surface area contributed by atoms with Crippen LogP contribution in [0, 0.1) is 0 Å². The van der Waals surface area contributed by atoms with Gasteiger partial charge in [-0.3, -0.25) is 0 Å². The summed E-state index contributed by atoms with van der Waals surface area (Å²) in [6.07, 6.45) is 1.39. The van der Waals surface area contributed by atoms with E-state index in [2.05, 4.69) is 0 Å². The van der Waals surface area contributed by atoms with Crippen LogP contribution in [0.2, 0.25) is 0 Å². The van der Waals surface area contributed by atoms with Crippen LogP contribution in [0.15, 0.2) is 0 Å². The number of nitrogens with zero attached hydrogens (tertiary/aromatic N) is 4. The Hall–Kier alpha value is -0.240. The Morgan fingerprint density at radius 3 is 0.880 bits per heavy atom. The van der Waals surface area contributed by atoms with Gasteiger partial charge in [-0.15, -0.1) is 0 Å². The molecular weight excluding hydrogens is 316 g/mol. The smallest absolute Gasteiger partial charge is 0.129 e. The summed E-state index contributed by atoms with van der Waals surface area (Å²) >= 11 is 0. The lowest BCUT2D eigenvalue weighted by atomic mass is 10.0. The van der Waals surface area contributed by atoms with Gasteiger partial charge in [0.05, 0.1) is 26.3 Å². The molecule has 0 radical (unpaired) electrons. The number of quaternary nitrogens is 4. The summed E-state index contributed by atoms with van der Waals surface area (Å²) in [6.45, 7) is 21.3. The Labute approximate surface area is 153 Å². The third-order valence-electron chi connectivity index (χ3n) is 8.71. The minimum atomic E-state index is 0.357. The number of rotatable bonds is 8. The third kappa shape index (κ3) is 3.37. The van der Waals surface area contributed by atoms with Crippen LogP contribution in [-0.4, -0.2) is 146 Å². The second-order valence-electron chi connectivity index (χ2n) is 9.75. The predicted octanol–water partition coefficient (Wildman–Crippen LogP) is -1.32. The van der Waals surface area contributed by atoms with Gasteiger partial charge in [-0.1, -0.05) is 0 Å². The number of fused-ring (bicyclic) bond motifs is 6. The van der Waals surface area contributed by atoms with E-state index in [1.165, 1.54) is 116 Å². The summed E-state index contributed by atoms with van der Waals surface area (Å²) in [6, 6.07) is 0. The van der Waals surface area contributed by atoms with Crippen LogP contribution in [0.3, 0.4) is 0 Å². The molecule has 6 aliphatic heterocycles. The van der Waals surface area contributed by atoms with Gasteiger partial charge in [-0.2, -0.15) is 0 Å². The first-order valence-electron chi connectivity index (χ1n) is 10.7. The van der Waals surface area contributed by atoms with E-state index in [0.717, 1.165) is 13.1 Å². The molecule has 0 aliphatic carbocycles. The molecular formula is C19H40N4O2+4. The number of aliphatic hydroxyl groups is 2. The van der Waals surface area contributed by atoms with Gasteiger partial charge in [-0.05, 0) is 0 Å². The van der Waals surface area contributed by atoms with Crippen LogP contribution in [0.25, 0.3) is 0 Å². The second kappa shape index (κ2) is 6.73. The maximum absolute atomic E-state index is 9.36. The van der Waals surface area contributed by atoms with Crippen molar-refractivity contribution in [2.24, 2.45) is 0 Å². The molecule has 0 spiro atoms. The zero-order chi connectivity index (χ0) is 17.4. The topological polar surface area (TPSA) is 40.5 Å². The Balaban J connectivity index is 1.26. The lowest BCUT2D eigenvalue weighted by molar-refractivity contribution is -1.09. The summed E-state index contributed by atoms with van der Waals surface area (Å²) in [5.41, 5.74) is 0. The monoisotopic (exact) mass is 356 g/mol. The molecule has 6 saturated heterocycles. The van der Waals surface area contributed by atoms with E-state index in [4.69, 9.17) is 0 Å². The molecule has 6 heterocycles. The van der Waals surface area contributed by atoms with Crippen LogP contribution in [0.4, 0.5) is 0 Å². The van der Waals surface area contributed by atoms with Crippen molar-refractivity contribution in [2.45, 2.75) is 6.42 Å². The van der Waals surface area contributed by atoms with Gasteiger partial charge in [0, 0.05) is 6.42 Å². The predicted molar refractivity (Wildman–Crippen MR) is 97.7 cm³/mol. The molecule has 0 saturated carbocycles. The summed E-state index contributed by atoms with van der Waals surface area (Å²) in [5.74, 6) is 0. The van der Waals surface area contributed by atoms with Crippen LogP contribution in [0.1, 0.15) is 6.42 Å². The average Bonchev–Trinajstić information content (AvgIpc) is 2.65. The van der Waals surface area contributed by atoms with E-state index in [1.807, 2.05) is 0 Å². The van der Waals surface area contributed by atoms with Crippen molar-refractivity contribution in [3.8, 4) is 0 Å². The normalized spacial score (nSPS) is 45.8. The fourth-order valence-electron chi connectivity index (χ4n) is 6.39. The fraction of sp³-hybridized carbons (Fsp3) is 1.00. The largest absolute Gasteiger partial charge is 0.391 e. The molecule has 6 heteroatoms. The van der Waals surface area contributed by atoms with E-state index < -0.39 is 0 Å². The van der Waals surface area contributed by atoms with Crippen LogP contribution in [-0.2, 0) is 0 Å². The number of hydrogen-bond donors (Lipinski definition) is 2. The standard InChI is InChI=1S/C19H40N4O2/c24-18-16-22-10-4-20(5-11-22,6-12-22)2-1-3-21-7-13-23(14-8-21,15-9-21)17-19-25/h24-25H,1-19H2/q+4. The first kappa shape index (κ1) is 18.1. The lowest BCUT2D eigenvalue weighted by Crippen LogP contribution is -2.76. The van der Waals surface area contributed by atoms with Gasteiger partial charge in [-0.25, -0.2) is 0 Å². The maximum atomic E-state index is 9.36. The van der Waals surface area contributed by atoms with Crippen molar-refractivity contribution in [1.29, 1.82) is 0 Å². The van der Waals surface area contributed by atoms with E-state index in [1.54, 1.807) is 0 Å². The molecule has 0 unspecified atom stereocenters. The van der Waals surface area contributed by atoms with Crippen molar-refractivity contribution < 1.29 is 28.1 Å². The van der Waals surface area contributed by atoms with E-state index in [-0.39, 0.29) is 0 Å². The molecule has 144 valence electrons. The number of hydrogen-bond acceptors (Lipinski definition) is 2. The molecule has 2 N–H and O–H groups in total. The summed E-state index contributed by atoms with van der Waals surface area (Å²) in [4.78, 5) is 0. The fourth-order valence-corrected chi connectivity index (χ4v) is 6.39. The zero-order valence-electron chi connectivity index (χ0n) is 16.1. The number of aliphatic hydroxyl groups excluding tert-OH is 2. The van der Waals surface area contributed by atoms with Crippen molar-refractivity contribution in [1.82, 2.24) is 0 Å². The molecule has 0 aromatic rings. The van der Waals surface area contributed by atoms with E-state index >= 15 is 0 Å². The second-order valence-corrected chi connectivity index (χ2v) is 9.75. The molecule has 0 atom stereocenters. The molecule has 0 amide bonds. The lowest BCUT2D eigenvalue weighted by Gasteiger charge is -2.57. The highest BCUT2D eigenvalue weighted by molar-refractivity contribution is 4.65. The SMILES string of the molecule is OCC[N+]12CC[N+](CCC[N+]34CC[N+](CCO)(CC3)CC4)(CC1)CC2. The highest BCUT2D eigenvalue weighted by Crippen LogP contribution is 2.29. The first-order valence-corrected chi connectivity index (χ1v) is 10.7. The number of piperazine rings is 6. The Morgan fingerprint density at radius 1 is 0.400 bits per heavy atom. The zero-order valence-corrected chi connectivity index (χ0v) is 16.1. The minimum absolute atomic E-state index is 0.357. The average molecular weight is 357 g/mol. The molecule has 6 rings (SSSR count). The molecule has 6 nitrogen and oxygen atoms in total. The quantitative estimate of drug-likeness (QED) is 0.530. The molecule has 6 fully saturated rings. The van der Waals surface area contributed by atoms with Crippen molar-refractivity contribution in [2.75, 3.05) is 118 Å². The Kier molecular flexibility index (Phi) is 4.88. The van der Waals surface area contributed by atoms with E-state index in [9.17, 15) is 10.2 Å². The third-order valence-corrected chi connectivity index (χ3v) is 8.71. The Morgan fingerprint density at radius 2 is 0.640 bits per heavy atom. The van der Waals surface area contributed by atoms with Crippen molar-refractivity contribution >= 4 is 0 Å². The molecule has 6 aliphatic rings. The Bertz CT molecular complexity index is 393. The van der Waals surface area contributed by atoms with Gasteiger partial charge in [0.25, 0.3) is 0 Å². The first-order chi connectivity index (χ1) is 12.1.